The van der Waals surface area contributed by atoms with Gasteiger partial charge in [0, 0.05) is 32.4 Å². The van der Waals surface area contributed by atoms with Gasteiger partial charge in [0.25, 0.3) is 0 Å². The van der Waals surface area contributed by atoms with Crippen LogP contribution in [0.4, 0.5) is 0 Å². The van der Waals surface area contributed by atoms with Crippen LogP contribution < -0.4 is 0 Å². The summed E-state index contributed by atoms with van der Waals surface area (Å²) in [7, 11) is -2.37. The standard InChI is InChI=1S/C18H24N2O5S/c1-14(2)20-13-16(11-17(20)18(21)22)26(23,24)19(9-10-25-3)12-15-7-5-4-6-8-15/h4-8,11,13-14H,9-10,12H2,1-3H3,(H,21,22). The van der Waals surface area contributed by atoms with Crippen molar-refractivity contribution in [3.63, 3.8) is 0 Å². The average molecular weight is 380 g/mol. The normalized spacial score (nSPS) is 12.0. The van der Waals surface area contributed by atoms with Crippen molar-refractivity contribution in [2.24, 2.45) is 0 Å². The maximum Gasteiger partial charge on any atom is 0.352 e. The van der Waals surface area contributed by atoms with E-state index < -0.39 is 16.0 Å². The Morgan fingerprint density at radius 2 is 1.92 bits per heavy atom. The summed E-state index contributed by atoms with van der Waals surface area (Å²) in [5.74, 6) is -1.16. The van der Waals surface area contributed by atoms with Crippen LogP contribution in [0.1, 0.15) is 35.9 Å². The predicted molar refractivity (Wildman–Crippen MR) is 97.7 cm³/mol. The fourth-order valence-corrected chi connectivity index (χ4v) is 4.05. The van der Waals surface area contributed by atoms with Crippen molar-refractivity contribution in [2.45, 2.75) is 31.3 Å². The number of nitrogens with zero attached hydrogens (tertiary/aromatic N) is 2. The first-order valence-corrected chi connectivity index (χ1v) is 9.69. The number of hydrogen-bond donors (Lipinski definition) is 1. The SMILES string of the molecule is COCCN(Cc1ccccc1)S(=O)(=O)c1cc(C(=O)O)n(C(C)C)c1. The van der Waals surface area contributed by atoms with Gasteiger partial charge in [0.05, 0.1) is 6.61 Å². The number of benzene rings is 1. The zero-order chi connectivity index (χ0) is 19.3. The molecule has 2 rings (SSSR count). The predicted octanol–water partition coefficient (Wildman–Crippen LogP) is 2.60. The van der Waals surface area contributed by atoms with Gasteiger partial charge >= 0.3 is 5.97 Å². The fourth-order valence-electron chi connectivity index (χ4n) is 2.61. The summed E-state index contributed by atoms with van der Waals surface area (Å²) >= 11 is 0. The molecule has 0 fully saturated rings. The molecule has 0 aliphatic carbocycles. The summed E-state index contributed by atoms with van der Waals surface area (Å²) in [5, 5.41) is 9.36. The van der Waals surface area contributed by atoms with Gasteiger partial charge in [-0.05, 0) is 25.5 Å². The molecular formula is C18H24N2O5S. The third-order valence-corrected chi connectivity index (χ3v) is 5.79. The molecule has 142 valence electrons. The topological polar surface area (TPSA) is 88.8 Å². The minimum Gasteiger partial charge on any atom is -0.477 e. The van der Waals surface area contributed by atoms with Gasteiger partial charge < -0.3 is 14.4 Å². The molecule has 0 amide bonds. The molecule has 0 spiro atoms. The molecule has 1 aromatic carbocycles. The third kappa shape index (κ3) is 4.51. The van der Waals surface area contributed by atoms with Crippen molar-refractivity contribution in [1.82, 2.24) is 8.87 Å². The summed E-state index contributed by atoms with van der Waals surface area (Å²) in [6.07, 6.45) is 1.38. The van der Waals surface area contributed by atoms with E-state index in [0.717, 1.165) is 5.56 Å². The Balaban J connectivity index is 2.42. The van der Waals surface area contributed by atoms with Crippen LogP contribution >= 0.6 is 0 Å². The highest BCUT2D eigenvalue weighted by Crippen LogP contribution is 2.23. The van der Waals surface area contributed by atoms with E-state index in [2.05, 4.69) is 0 Å². The summed E-state index contributed by atoms with van der Waals surface area (Å²) in [5.41, 5.74) is 0.791. The minimum absolute atomic E-state index is 0.0318. The number of rotatable bonds is 9. The molecule has 0 saturated carbocycles. The first kappa shape index (κ1) is 20.2. The number of carboxylic acid groups (broad SMARTS) is 1. The highest BCUT2D eigenvalue weighted by Gasteiger charge is 2.28. The lowest BCUT2D eigenvalue weighted by molar-refractivity contribution is 0.0683. The molecule has 1 N–H and O–H groups in total. The van der Waals surface area contributed by atoms with Crippen LogP contribution in [-0.4, -0.2) is 48.6 Å². The molecule has 2 aromatic rings. The zero-order valence-corrected chi connectivity index (χ0v) is 15.9. The van der Waals surface area contributed by atoms with Crippen LogP contribution in [0, 0.1) is 0 Å². The van der Waals surface area contributed by atoms with E-state index in [4.69, 9.17) is 4.74 Å². The van der Waals surface area contributed by atoms with Gasteiger partial charge in [-0.25, -0.2) is 13.2 Å². The Morgan fingerprint density at radius 3 is 2.42 bits per heavy atom. The van der Waals surface area contributed by atoms with E-state index >= 15 is 0 Å². The van der Waals surface area contributed by atoms with Crippen molar-refractivity contribution in [2.75, 3.05) is 20.3 Å². The Labute approximate surface area is 153 Å². The second-order valence-corrected chi connectivity index (χ2v) is 8.12. The molecule has 1 aromatic heterocycles. The molecule has 0 radical (unpaired) electrons. The Morgan fingerprint density at radius 1 is 1.27 bits per heavy atom. The Bertz CT molecular complexity index is 844. The number of ether oxygens (including phenoxy) is 1. The molecule has 26 heavy (non-hydrogen) atoms. The van der Waals surface area contributed by atoms with E-state index in [1.807, 2.05) is 30.3 Å². The van der Waals surface area contributed by atoms with E-state index in [9.17, 15) is 18.3 Å². The van der Waals surface area contributed by atoms with Gasteiger partial charge in [0.2, 0.25) is 10.0 Å². The molecule has 0 saturated heterocycles. The Hall–Kier alpha value is -2.16. The van der Waals surface area contributed by atoms with Crippen LogP contribution in [0.25, 0.3) is 0 Å². The molecule has 7 nitrogen and oxygen atoms in total. The van der Waals surface area contributed by atoms with Crippen molar-refractivity contribution < 1.29 is 23.1 Å². The molecular weight excluding hydrogens is 356 g/mol. The monoisotopic (exact) mass is 380 g/mol. The van der Waals surface area contributed by atoms with E-state index in [0.29, 0.717) is 0 Å². The van der Waals surface area contributed by atoms with Crippen LogP contribution in [0.15, 0.2) is 47.5 Å². The smallest absolute Gasteiger partial charge is 0.352 e. The molecule has 0 unspecified atom stereocenters. The van der Waals surface area contributed by atoms with E-state index in [-0.39, 0.29) is 36.3 Å². The summed E-state index contributed by atoms with van der Waals surface area (Å²) < 4.78 is 34.0. The molecule has 1 heterocycles. The zero-order valence-electron chi connectivity index (χ0n) is 15.1. The fraction of sp³-hybridized carbons (Fsp3) is 0.389. The van der Waals surface area contributed by atoms with Crippen molar-refractivity contribution in [3.8, 4) is 0 Å². The number of carboxylic acids is 1. The minimum atomic E-state index is -3.87. The van der Waals surface area contributed by atoms with Crippen LogP contribution in [0.3, 0.4) is 0 Å². The van der Waals surface area contributed by atoms with Crippen LogP contribution in [0.5, 0.6) is 0 Å². The largest absolute Gasteiger partial charge is 0.477 e. The number of hydrogen-bond acceptors (Lipinski definition) is 4. The molecule has 0 aliphatic heterocycles. The van der Waals surface area contributed by atoms with Gasteiger partial charge in [-0.2, -0.15) is 4.31 Å². The first-order chi connectivity index (χ1) is 12.3. The van der Waals surface area contributed by atoms with Gasteiger partial charge in [-0.3, -0.25) is 0 Å². The van der Waals surface area contributed by atoms with Crippen LogP contribution in [-0.2, 0) is 21.3 Å². The molecule has 0 aliphatic rings. The lowest BCUT2D eigenvalue weighted by atomic mass is 10.2. The van der Waals surface area contributed by atoms with Gasteiger partial charge in [-0.15, -0.1) is 0 Å². The Kier molecular flexibility index (Phi) is 6.57. The van der Waals surface area contributed by atoms with Crippen LogP contribution in [0.2, 0.25) is 0 Å². The molecule has 8 heteroatoms. The lowest BCUT2D eigenvalue weighted by Gasteiger charge is -2.21. The molecule has 0 bridgehead atoms. The number of methoxy groups -OCH3 is 1. The van der Waals surface area contributed by atoms with Crippen molar-refractivity contribution in [3.05, 3.63) is 53.9 Å². The number of carbonyl (C=O) groups is 1. The number of aromatic carboxylic acids is 1. The first-order valence-electron chi connectivity index (χ1n) is 8.25. The summed E-state index contributed by atoms with van der Waals surface area (Å²) in [6, 6.07) is 10.3. The quantitative estimate of drug-likeness (QED) is 0.722. The molecule has 0 atom stereocenters. The third-order valence-electron chi connectivity index (χ3n) is 3.98. The highest BCUT2D eigenvalue weighted by atomic mass is 32.2. The summed E-state index contributed by atoms with van der Waals surface area (Å²) in [6.45, 7) is 4.19. The second kappa shape index (κ2) is 8.48. The van der Waals surface area contributed by atoms with Crippen molar-refractivity contribution >= 4 is 16.0 Å². The maximum atomic E-state index is 13.1. The maximum absolute atomic E-state index is 13.1. The van der Waals surface area contributed by atoms with E-state index in [1.54, 1.807) is 13.8 Å². The lowest BCUT2D eigenvalue weighted by Crippen LogP contribution is -2.33. The van der Waals surface area contributed by atoms with Gasteiger partial charge in [0.1, 0.15) is 10.6 Å². The number of sulfonamides is 1. The second-order valence-electron chi connectivity index (χ2n) is 6.18. The van der Waals surface area contributed by atoms with E-state index in [1.165, 1.54) is 28.2 Å². The van der Waals surface area contributed by atoms with Gasteiger partial charge in [0.15, 0.2) is 0 Å². The highest BCUT2D eigenvalue weighted by molar-refractivity contribution is 7.89. The summed E-state index contributed by atoms with van der Waals surface area (Å²) in [4.78, 5) is 11.4. The average Bonchev–Trinajstić information content (AvgIpc) is 3.06. The van der Waals surface area contributed by atoms with Gasteiger partial charge in [-0.1, -0.05) is 30.3 Å². The number of aromatic nitrogens is 1. The van der Waals surface area contributed by atoms with Crippen molar-refractivity contribution in [1.29, 1.82) is 0 Å².